The minimum atomic E-state index is -3.34. The van der Waals surface area contributed by atoms with Crippen molar-refractivity contribution < 1.29 is 26.4 Å². The van der Waals surface area contributed by atoms with E-state index in [2.05, 4.69) is 5.32 Å². The molecule has 1 aromatic rings. The Morgan fingerprint density at radius 1 is 1.09 bits per heavy atom. The van der Waals surface area contributed by atoms with Crippen LogP contribution in [0.5, 0.6) is 0 Å². The molecule has 0 unspecified atom stereocenters. The first-order valence-corrected chi connectivity index (χ1v) is 12.8. The standard InChI is InChI=1S/C20H26Cl2F3N3O3S/c1-2-32(30,31)28-9-7-27(8-10-28)19(3-5-20(24,25)6-4-19)13-26-18(29)17-15(22)11-14(21)12-16(17)23/h11-12H,2-10,13H2,1H3,(H,26,29). The number of sulfonamides is 1. The average molecular weight is 516 g/mol. The Kier molecular flexibility index (Phi) is 7.71. The number of piperazine rings is 1. The topological polar surface area (TPSA) is 69.7 Å². The van der Waals surface area contributed by atoms with Crippen molar-refractivity contribution in [1.29, 1.82) is 0 Å². The summed E-state index contributed by atoms with van der Waals surface area (Å²) in [6.45, 7) is 2.80. The number of halogens is 5. The Balaban J connectivity index is 1.76. The number of nitrogens with one attached hydrogen (secondary N) is 1. The molecule has 1 saturated heterocycles. The fourth-order valence-corrected chi connectivity index (χ4v) is 6.04. The number of nitrogens with zero attached hydrogens (tertiary/aromatic N) is 2. The van der Waals surface area contributed by atoms with Crippen LogP contribution in [0.25, 0.3) is 0 Å². The zero-order chi connectivity index (χ0) is 23.7. The summed E-state index contributed by atoms with van der Waals surface area (Å²) in [5.74, 6) is -4.42. The van der Waals surface area contributed by atoms with Crippen molar-refractivity contribution in [3.63, 3.8) is 0 Å². The second-order valence-corrected chi connectivity index (χ2v) is 11.4. The van der Waals surface area contributed by atoms with E-state index in [-0.39, 0.29) is 66.7 Å². The molecule has 2 fully saturated rings. The minimum Gasteiger partial charge on any atom is -0.350 e. The molecule has 1 amide bonds. The Hall–Kier alpha value is -1.07. The SMILES string of the molecule is CCS(=O)(=O)N1CCN(C2(CNC(=O)c3c(F)cc(Cl)cc3Cl)CCC(F)(F)CC2)CC1. The van der Waals surface area contributed by atoms with Gasteiger partial charge in [-0.3, -0.25) is 9.69 Å². The van der Waals surface area contributed by atoms with E-state index < -0.39 is 33.2 Å². The third-order valence-electron chi connectivity index (χ3n) is 6.39. The van der Waals surface area contributed by atoms with E-state index in [0.29, 0.717) is 13.1 Å². The normalized spacial score (nSPS) is 21.9. The summed E-state index contributed by atoms with van der Waals surface area (Å²) in [7, 11) is -3.34. The first-order chi connectivity index (χ1) is 14.9. The van der Waals surface area contributed by atoms with Gasteiger partial charge in [-0.15, -0.1) is 0 Å². The molecule has 0 radical (unpaired) electrons. The van der Waals surface area contributed by atoms with Crippen LogP contribution in [-0.4, -0.2) is 73.5 Å². The first-order valence-electron chi connectivity index (χ1n) is 10.4. The summed E-state index contributed by atoms with van der Waals surface area (Å²) >= 11 is 11.7. The highest BCUT2D eigenvalue weighted by molar-refractivity contribution is 7.89. The van der Waals surface area contributed by atoms with E-state index >= 15 is 0 Å². The van der Waals surface area contributed by atoms with Gasteiger partial charge >= 0.3 is 0 Å². The van der Waals surface area contributed by atoms with Crippen LogP contribution < -0.4 is 5.32 Å². The van der Waals surface area contributed by atoms with E-state index in [1.165, 1.54) is 10.4 Å². The van der Waals surface area contributed by atoms with Gasteiger partial charge in [-0.2, -0.15) is 4.31 Å². The molecule has 1 aliphatic heterocycles. The molecule has 1 saturated carbocycles. The fraction of sp³-hybridized carbons (Fsp3) is 0.650. The molecule has 32 heavy (non-hydrogen) atoms. The predicted molar refractivity (Wildman–Crippen MR) is 118 cm³/mol. The van der Waals surface area contributed by atoms with Gasteiger partial charge in [0.25, 0.3) is 5.91 Å². The summed E-state index contributed by atoms with van der Waals surface area (Å²) in [6, 6.07) is 2.23. The molecule has 2 aliphatic rings. The van der Waals surface area contributed by atoms with Gasteiger partial charge in [-0.05, 0) is 31.9 Å². The molecule has 3 rings (SSSR count). The first kappa shape index (κ1) is 25.6. The van der Waals surface area contributed by atoms with Crippen molar-refractivity contribution in [2.24, 2.45) is 0 Å². The van der Waals surface area contributed by atoms with Gasteiger partial charge < -0.3 is 5.32 Å². The quantitative estimate of drug-likeness (QED) is 0.625. The molecule has 0 aromatic heterocycles. The minimum absolute atomic E-state index is 0.00611. The van der Waals surface area contributed by atoms with Gasteiger partial charge in [0.1, 0.15) is 5.82 Å². The number of carbonyl (C=O) groups excluding carboxylic acids is 1. The molecule has 0 spiro atoms. The third-order valence-corrected chi connectivity index (χ3v) is 8.79. The number of carbonyl (C=O) groups is 1. The molecule has 0 atom stereocenters. The molecule has 1 aromatic carbocycles. The maximum atomic E-state index is 14.3. The van der Waals surface area contributed by atoms with Crippen molar-refractivity contribution in [3.05, 3.63) is 33.6 Å². The lowest BCUT2D eigenvalue weighted by Crippen LogP contribution is -2.63. The summed E-state index contributed by atoms with van der Waals surface area (Å²) < 4.78 is 67.8. The molecule has 12 heteroatoms. The Bertz CT molecular complexity index is 937. The van der Waals surface area contributed by atoms with Crippen LogP contribution in [0.1, 0.15) is 43.0 Å². The van der Waals surface area contributed by atoms with E-state index in [9.17, 15) is 26.4 Å². The lowest BCUT2D eigenvalue weighted by molar-refractivity contribution is -0.0856. The lowest BCUT2D eigenvalue weighted by atomic mass is 9.78. The third kappa shape index (κ3) is 5.52. The van der Waals surface area contributed by atoms with Gasteiger partial charge in [0.15, 0.2) is 0 Å². The van der Waals surface area contributed by atoms with Crippen LogP contribution >= 0.6 is 23.2 Å². The Morgan fingerprint density at radius 3 is 2.22 bits per heavy atom. The zero-order valence-electron chi connectivity index (χ0n) is 17.6. The maximum absolute atomic E-state index is 14.3. The monoisotopic (exact) mass is 515 g/mol. The van der Waals surface area contributed by atoms with Gasteiger partial charge in [0.05, 0.1) is 16.3 Å². The molecular weight excluding hydrogens is 490 g/mol. The van der Waals surface area contributed by atoms with Crippen LogP contribution in [0.3, 0.4) is 0 Å². The molecular formula is C20H26Cl2F3N3O3S. The highest BCUT2D eigenvalue weighted by Crippen LogP contribution is 2.42. The predicted octanol–water partition coefficient (Wildman–Crippen LogP) is 3.78. The van der Waals surface area contributed by atoms with Gasteiger partial charge in [-0.25, -0.2) is 21.6 Å². The van der Waals surface area contributed by atoms with Crippen LogP contribution in [0, 0.1) is 5.82 Å². The number of alkyl halides is 2. The average Bonchev–Trinajstić information content (AvgIpc) is 2.73. The Morgan fingerprint density at radius 2 is 1.69 bits per heavy atom. The second-order valence-electron chi connectivity index (χ2n) is 8.29. The number of amides is 1. The van der Waals surface area contributed by atoms with Crippen LogP contribution in [-0.2, 0) is 10.0 Å². The summed E-state index contributed by atoms with van der Waals surface area (Å²) in [5.41, 5.74) is -1.14. The van der Waals surface area contributed by atoms with Gasteiger partial charge in [-0.1, -0.05) is 23.2 Å². The summed E-state index contributed by atoms with van der Waals surface area (Å²) in [5, 5.41) is 2.57. The van der Waals surface area contributed by atoms with Crippen molar-refractivity contribution in [2.45, 2.75) is 44.1 Å². The van der Waals surface area contributed by atoms with Crippen LogP contribution in [0.15, 0.2) is 12.1 Å². The smallest absolute Gasteiger partial charge is 0.255 e. The van der Waals surface area contributed by atoms with E-state index in [0.717, 1.165) is 6.07 Å². The molecule has 0 bridgehead atoms. The number of hydrogen-bond donors (Lipinski definition) is 1. The second kappa shape index (κ2) is 9.66. The van der Waals surface area contributed by atoms with E-state index in [4.69, 9.17) is 23.2 Å². The maximum Gasteiger partial charge on any atom is 0.255 e. The highest BCUT2D eigenvalue weighted by atomic mass is 35.5. The largest absolute Gasteiger partial charge is 0.350 e. The molecule has 1 heterocycles. The number of benzene rings is 1. The van der Waals surface area contributed by atoms with Crippen LogP contribution in [0.4, 0.5) is 13.2 Å². The van der Waals surface area contributed by atoms with Crippen molar-refractivity contribution in [3.8, 4) is 0 Å². The van der Waals surface area contributed by atoms with Gasteiger partial charge in [0, 0.05) is 56.1 Å². The van der Waals surface area contributed by atoms with Gasteiger partial charge in [0.2, 0.25) is 15.9 Å². The van der Waals surface area contributed by atoms with Crippen molar-refractivity contribution in [1.82, 2.24) is 14.5 Å². The summed E-state index contributed by atoms with van der Waals surface area (Å²) in [6.07, 6.45) is -0.436. The number of rotatable bonds is 6. The molecule has 1 N–H and O–H groups in total. The van der Waals surface area contributed by atoms with Crippen LogP contribution in [0.2, 0.25) is 10.0 Å². The summed E-state index contributed by atoms with van der Waals surface area (Å²) in [4.78, 5) is 14.7. The van der Waals surface area contributed by atoms with Crippen molar-refractivity contribution >= 4 is 39.1 Å². The Labute approximate surface area is 196 Å². The zero-order valence-corrected chi connectivity index (χ0v) is 20.0. The molecule has 6 nitrogen and oxygen atoms in total. The number of hydrogen-bond acceptors (Lipinski definition) is 4. The van der Waals surface area contributed by atoms with E-state index in [1.54, 1.807) is 6.92 Å². The fourth-order valence-electron chi connectivity index (χ4n) is 4.40. The highest BCUT2D eigenvalue weighted by Gasteiger charge is 2.47. The molecule has 180 valence electrons. The van der Waals surface area contributed by atoms with Crippen molar-refractivity contribution in [2.75, 3.05) is 38.5 Å². The lowest BCUT2D eigenvalue weighted by Gasteiger charge is -2.50. The molecule has 1 aliphatic carbocycles. The van der Waals surface area contributed by atoms with E-state index in [1.807, 2.05) is 4.90 Å².